The van der Waals surface area contributed by atoms with Gasteiger partial charge in [-0.2, -0.15) is 4.31 Å². The second-order valence-electron chi connectivity index (χ2n) is 6.95. The summed E-state index contributed by atoms with van der Waals surface area (Å²) in [6.07, 6.45) is 1.35. The van der Waals surface area contributed by atoms with E-state index in [0.29, 0.717) is 5.02 Å². The first kappa shape index (κ1) is 18.8. The number of halogens is 1. The number of rotatable bonds is 3. The third kappa shape index (κ3) is 3.46. The molecule has 1 aromatic carbocycles. The zero-order valence-corrected chi connectivity index (χ0v) is 16.3. The highest BCUT2D eigenvalue weighted by molar-refractivity contribution is 7.89. The van der Waals surface area contributed by atoms with Gasteiger partial charge in [0, 0.05) is 30.2 Å². The van der Waals surface area contributed by atoms with Crippen LogP contribution in [0.3, 0.4) is 0 Å². The lowest BCUT2D eigenvalue weighted by Crippen LogP contribution is -2.61. The summed E-state index contributed by atoms with van der Waals surface area (Å²) in [6, 6.07) is 4.76. The topological polar surface area (TPSA) is 99.3 Å². The van der Waals surface area contributed by atoms with Crippen LogP contribution in [0.5, 0.6) is 0 Å². The molecule has 26 heavy (non-hydrogen) atoms. The van der Waals surface area contributed by atoms with Gasteiger partial charge in [0.1, 0.15) is 5.69 Å². The Morgan fingerprint density at radius 2 is 2.00 bits per heavy atom. The Morgan fingerprint density at radius 3 is 2.58 bits per heavy atom. The molecule has 3 rings (SSSR count). The first-order chi connectivity index (χ1) is 12.1. The summed E-state index contributed by atoms with van der Waals surface area (Å²) in [5.41, 5.74) is 0.271. The standard InChI is InChI=1S/C16H20ClN5O3S/c1-11-6-12(17)8-13(7-11)26(24,25)22-5-4-21(10-16(22,2)3)15(23)14-9-18-20-19-14/h6-9H,4-5,10H2,1-3H3,(H,18,19,20). The minimum absolute atomic E-state index is 0.160. The average molecular weight is 398 g/mol. The van der Waals surface area contributed by atoms with Crippen LogP contribution in [0.2, 0.25) is 5.02 Å². The quantitative estimate of drug-likeness (QED) is 0.849. The van der Waals surface area contributed by atoms with Crippen LogP contribution in [0, 0.1) is 6.92 Å². The number of aryl methyl sites for hydroxylation is 1. The zero-order valence-electron chi connectivity index (χ0n) is 14.7. The summed E-state index contributed by atoms with van der Waals surface area (Å²) in [5.74, 6) is -0.251. The number of nitrogens with one attached hydrogen (secondary N) is 1. The number of sulfonamides is 1. The lowest BCUT2D eigenvalue weighted by atomic mass is 10.0. The second kappa shape index (κ2) is 6.64. The van der Waals surface area contributed by atoms with Gasteiger partial charge in [0.15, 0.2) is 0 Å². The second-order valence-corrected chi connectivity index (χ2v) is 9.25. The van der Waals surface area contributed by atoms with Gasteiger partial charge in [-0.1, -0.05) is 16.8 Å². The van der Waals surface area contributed by atoms with Crippen molar-refractivity contribution < 1.29 is 13.2 Å². The third-order valence-electron chi connectivity index (χ3n) is 4.36. The molecule has 1 fully saturated rings. The molecule has 1 aliphatic heterocycles. The van der Waals surface area contributed by atoms with Gasteiger partial charge in [0.05, 0.1) is 11.1 Å². The fourth-order valence-electron chi connectivity index (χ4n) is 3.21. The largest absolute Gasteiger partial charge is 0.334 e. The summed E-state index contributed by atoms with van der Waals surface area (Å²) in [4.78, 5) is 14.3. The van der Waals surface area contributed by atoms with Crippen molar-refractivity contribution in [3.8, 4) is 0 Å². The van der Waals surface area contributed by atoms with Gasteiger partial charge in [-0.05, 0) is 44.5 Å². The summed E-state index contributed by atoms with van der Waals surface area (Å²) in [5, 5.41) is 10.1. The molecule has 0 radical (unpaired) electrons. The molecule has 2 aromatic rings. The van der Waals surface area contributed by atoms with Crippen LogP contribution in [0.1, 0.15) is 29.9 Å². The van der Waals surface area contributed by atoms with Crippen molar-refractivity contribution in [3.63, 3.8) is 0 Å². The number of hydrogen-bond donors (Lipinski definition) is 1. The first-order valence-corrected chi connectivity index (χ1v) is 9.88. The van der Waals surface area contributed by atoms with Crippen molar-refractivity contribution in [2.45, 2.75) is 31.2 Å². The van der Waals surface area contributed by atoms with Crippen molar-refractivity contribution in [3.05, 3.63) is 40.7 Å². The Kier molecular flexibility index (Phi) is 4.80. The number of H-pyrrole nitrogens is 1. The molecule has 0 atom stereocenters. The van der Waals surface area contributed by atoms with Crippen LogP contribution in [-0.2, 0) is 10.0 Å². The van der Waals surface area contributed by atoms with Crippen LogP contribution in [-0.4, -0.2) is 64.1 Å². The van der Waals surface area contributed by atoms with Gasteiger partial charge in [-0.3, -0.25) is 9.89 Å². The minimum atomic E-state index is -3.74. The Bertz CT molecular complexity index is 907. The maximum absolute atomic E-state index is 13.2. The van der Waals surface area contributed by atoms with Gasteiger partial charge in [-0.25, -0.2) is 8.42 Å². The van der Waals surface area contributed by atoms with E-state index < -0.39 is 15.6 Å². The van der Waals surface area contributed by atoms with E-state index in [9.17, 15) is 13.2 Å². The lowest BCUT2D eigenvalue weighted by molar-refractivity contribution is 0.0489. The SMILES string of the molecule is Cc1cc(Cl)cc(S(=O)(=O)N2CCN(C(=O)c3cnn[nH]3)CC2(C)C)c1. The predicted molar refractivity (Wildman–Crippen MR) is 96.4 cm³/mol. The third-order valence-corrected chi connectivity index (χ3v) is 6.67. The first-order valence-electron chi connectivity index (χ1n) is 8.07. The summed E-state index contributed by atoms with van der Waals surface area (Å²) >= 11 is 6.04. The van der Waals surface area contributed by atoms with E-state index in [4.69, 9.17) is 11.6 Å². The molecule has 1 saturated heterocycles. The lowest BCUT2D eigenvalue weighted by Gasteiger charge is -2.45. The fraction of sp³-hybridized carbons (Fsp3) is 0.438. The van der Waals surface area contributed by atoms with E-state index in [0.717, 1.165) is 5.56 Å². The van der Waals surface area contributed by atoms with Crippen molar-refractivity contribution in [1.29, 1.82) is 0 Å². The van der Waals surface area contributed by atoms with E-state index in [-0.39, 0.29) is 36.1 Å². The molecule has 0 saturated carbocycles. The van der Waals surface area contributed by atoms with E-state index in [1.54, 1.807) is 37.8 Å². The molecule has 1 amide bonds. The highest BCUT2D eigenvalue weighted by atomic mass is 35.5. The molecule has 140 valence electrons. The van der Waals surface area contributed by atoms with Gasteiger partial charge >= 0.3 is 0 Å². The Balaban J connectivity index is 1.87. The number of amides is 1. The molecule has 1 N–H and O–H groups in total. The Labute approximate surface area is 157 Å². The maximum atomic E-state index is 13.2. The van der Waals surface area contributed by atoms with Crippen molar-refractivity contribution in [2.75, 3.05) is 19.6 Å². The van der Waals surface area contributed by atoms with Gasteiger partial charge in [0.25, 0.3) is 5.91 Å². The highest BCUT2D eigenvalue weighted by Gasteiger charge is 2.43. The molecule has 0 aliphatic carbocycles. The van der Waals surface area contributed by atoms with E-state index in [2.05, 4.69) is 15.4 Å². The van der Waals surface area contributed by atoms with Gasteiger partial charge in [-0.15, -0.1) is 5.10 Å². The Hall–Kier alpha value is -1.97. The van der Waals surface area contributed by atoms with Crippen LogP contribution < -0.4 is 0 Å². The number of benzene rings is 1. The number of carbonyl (C=O) groups excluding carboxylic acids is 1. The normalized spacial score (nSPS) is 18.1. The van der Waals surface area contributed by atoms with Crippen LogP contribution in [0.15, 0.2) is 29.3 Å². The number of carbonyl (C=O) groups is 1. The van der Waals surface area contributed by atoms with E-state index >= 15 is 0 Å². The maximum Gasteiger partial charge on any atom is 0.273 e. The molecule has 1 aromatic heterocycles. The number of aromatic amines is 1. The smallest absolute Gasteiger partial charge is 0.273 e. The molecular weight excluding hydrogens is 378 g/mol. The highest BCUT2D eigenvalue weighted by Crippen LogP contribution is 2.30. The predicted octanol–water partition coefficient (Wildman–Crippen LogP) is 1.69. The van der Waals surface area contributed by atoms with Crippen LogP contribution in [0.25, 0.3) is 0 Å². The number of aromatic nitrogens is 3. The van der Waals surface area contributed by atoms with Crippen molar-refractivity contribution in [1.82, 2.24) is 24.6 Å². The minimum Gasteiger partial charge on any atom is -0.334 e. The van der Waals surface area contributed by atoms with Gasteiger partial charge in [0.2, 0.25) is 10.0 Å². The molecule has 8 nitrogen and oxygen atoms in total. The van der Waals surface area contributed by atoms with Crippen molar-refractivity contribution in [2.24, 2.45) is 0 Å². The number of piperazine rings is 1. The van der Waals surface area contributed by atoms with Crippen LogP contribution >= 0.6 is 11.6 Å². The zero-order chi connectivity index (χ0) is 19.1. The molecular formula is C16H20ClN5O3S. The number of nitrogens with zero attached hydrogens (tertiary/aromatic N) is 4. The number of hydrogen-bond acceptors (Lipinski definition) is 5. The molecule has 0 unspecified atom stereocenters. The molecule has 0 bridgehead atoms. The molecule has 1 aliphatic rings. The summed E-state index contributed by atoms with van der Waals surface area (Å²) in [7, 11) is -3.74. The fourth-order valence-corrected chi connectivity index (χ4v) is 5.46. The molecule has 10 heteroatoms. The van der Waals surface area contributed by atoms with E-state index in [1.165, 1.54) is 16.6 Å². The Morgan fingerprint density at radius 1 is 1.27 bits per heavy atom. The van der Waals surface area contributed by atoms with Crippen LogP contribution in [0.4, 0.5) is 0 Å². The summed E-state index contributed by atoms with van der Waals surface area (Å²) < 4.78 is 27.7. The van der Waals surface area contributed by atoms with E-state index in [1.807, 2.05) is 0 Å². The molecule has 0 spiro atoms. The monoisotopic (exact) mass is 397 g/mol. The summed E-state index contributed by atoms with van der Waals surface area (Å²) in [6.45, 7) is 6.11. The average Bonchev–Trinajstić information content (AvgIpc) is 3.06. The van der Waals surface area contributed by atoms with Crippen molar-refractivity contribution >= 4 is 27.5 Å². The molecule has 2 heterocycles. The van der Waals surface area contributed by atoms with Gasteiger partial charge < -0.3 is 4.90 Å².